The summed E-state index contributed by atoms with van der Waals surface area (Å²) in [5.74, 6) is 0.933. The summed E-state index contributed by atoms with van der Waals surface area (Å²) in [6.45, 7) is 3.76. The molecule has 1 aliphatic carbocycles. The van der Waals surface area contributed by atoms with Gasteiger partial charge in [0.25, 0.3) is 0 Å². The molecule has 1 N–H and O–H groups in total. The van der Waals surface area contributed by atoms with Gasteiger partial charge in [-0.1, -0.05) is 24.3 Å². The molecule has 0 bridgehead atoms. The minimum Gasteiger partial charge on any atom is -0.344 e. The summed E-state index contributed by atoms with van der Waals surface area (Å²) < 4.78 is 0. The van der Waals surface area contributed by atoms with Gasteiger partial charge in [0.15, 0.2) is 0 Å². The van der Waals surface area contributed by atoms with Crippen molar-refractivity contribution in [2.24, 2.45) is 5.92 Å². The molecule has 0 saturated heterocycles. The minimum atomic E-state index is 0. The number of aryl methyl sites for hydroxylation is 1. The van der Waals surface area contributed by atoms with E-state index in [1.807, 2.05) is 19.0 Å². The first-order valence-electron chi connectivity index (χ1n) is 6.60. The topological polar surface area (TPSA) is 32.3 Å². The van der Waals surface area contributed by atoms with Crippen LogP contribution >= 0.6 is 12.4 Å². The number of nitrogens with one attached hydrogen (secondary N) is 1. The smallest absolute Gasteiger partial charge is 0.226 e. The lowest BCUT2D eigenvalue weighted by Gasteiger charge is -2.17. The molecule has 4 heteroatoms. The summed E-state index contributed by atoms with van der Waals surface area (Å²) >= 11 is 0. The maximum Gasteiger partial charge on any atom is 0.226 e. The van der Waals surface area contributed by atoms with Gasteiger partial charge in [0, 0.05) is 26.1 Å². The highest BCUT2D eigenvalue weighted by Crippen LogP contribution is 2.49. The molecule has 1 aromatic carbocycles. The van der Waals surface area contributed by atoms with Crippen LogP contribution in [0.5, 0.6) is 0 Å². The molecule has 2 rings (SSSR count). The Morgan fingerprint density at radius 3 is 2.74 bits per heavy atom. The Bertz CT molecular complexity index is 436. The third-order valence-electron chi connectivity index (χ3n) is 3.77. The number of nitrogens with zero attached hydrogens (tertiary/aromatic N) is 1. The first-order valence-corrected chi connectivity index (χ1v) is 6.60. The fourth-order valence-corrected chi connectivity index (χ4v) is 2.49. The molecule has 106 valence electrons. The number of benzene rings is 1. The van der Waals surface area contributed by atoms with E-state index in [9.17, 15) is 4.79 Å². The van der Waals surface area contributed by atoms with Gasteiger partial charge in [-0.3, -0.25) is 4.79 Å². The summed E-state index contributed by atoms with van der Waals surface area (Å²) in [5.41, 5.74) is 2.65. The van der Waals surface area contributed by atoms with E-state index in [1.54, 1.807) is 0 Å². The number of amides is 1. The third kappa shape index (κ3) is 3.71. The van der Waals surface area contributed by atoms with Crippen molar-refractivity contribution in [3.63, 3.8) is 0 Å². The van der Waals surface area contributed by atoms with E-state index in [1.165, 1.54) is 11.1 Å². The number of carbonyl (C=O) groups is 1. The van der Waals surface area contributed by atoms with Crippen molar-refractivity contribution in [3.8, 4) is 0 Å². The number of rotatable bonds is 5. The average molecular weight is 283 g/mol. The Morgan fingerprint density at radius 2 is 2.11 bits per heavy atom. The van der Waals surface area contributed by atoms with Crippen LogP contribution in [0, 0.1) is 12.8 Å². The molecule has 2 atom stereocenters. The van der Waals surface area contributed by atoms with Crippen LogP contribution < -0.4 is 5.32 Å². The van der Waals surface area contributed by atoms with Gasteiger partial charge in [0.05, 0.1) is 0 Å². The standard InChI is InChI=1S/C15H22N2O.ClH/c1-11-6-4-5-7-12(11)13-10-14(13)15(18)17(3)9-8-16-2;/h4-7,13-14,16H,8-10H2,1-3H3;1H. The van der Waals surface area contributed by atoms with Crippen molar-refractivity contribution in [2.75, 3.05) is 27.2 Å². The highest BCUT2D eigenvalue weighted by Gasteiger charge is 2.45. The van der Waals surface area contributed by atoms with Gasteiger partial charge in [-0.05, 0) is 37.4 Å². The Morgan fingerprint density at radius 1 is 1.42 bits per heavy atom. The molecule has 1 aromatic rings. The molecule has 1 aliphatic rings. The zero-order valence-electron chi connectivity index (χ0n) is 11.8. The lowest BCUT2D eigenvalue weighted by Crippen LogP contribution is -2.34. The molecule has 3 nitrogen and oxygen atoms in total. The molecule has 1 saturated carbocycles. The van der Waals surface area contributed by atoms with Crippen LogP contribution in [0.15, 0.2) is 24.3 Å². The van der Waals surface area contributed by atoms with E-state index >= 15 is 0 Å². The SMILES string of the molecule is CNCCN(C)C(=O)C1CC1c1ccccc1C.Cl. The maximum absolute atomic E-state index is 12.2. The highest BCUT2D eigenvalue weighted by atomic mass is 35.5. The molecule has 0 radical (unpaired) electrons. The Labute approximate surface area is 121 Å². The number of halogens is 1. The second kappa shape index (κ2) is 6.92. The summed E-state index contributed by atoms with van der Waals surface area (Å²) in [6.07, 6.45) is 1.01. The molecule has 1 fully saturated rings. The zero-order valence-corrected chi connectivity index (χ0v) is 12.7. The van der Waals surface area contributed by atoms with Gasteiger partial charge in [-0.25, -0.2) is 0 Å². The number of hydrogen-bond acceptors (Lipinski definition) is 2. The van der Waals surface area contributed by atoms with Crippen molar-refractivity contribution in [1.82, 2.24) is 10.2 Å². The number of carbonyl (C=O) groups excluding carboxylic acids is 1. The Hall–Kier alpha value is -1.06. The molecule has 2 unspecified atom stereocenters. The van der Waals surface area contributed by atoms with Crippen LogP contribution in [0.4, 0.5) is 0 Å². The highest BCUT2D eigenvalue weighted by molar-refractivity contribution is 5.85. The first-order chi connectivity index (χ1) is 8.65. The van der Waals surface area contributed by atoms with Crippen LogP contribution in [0.2, 0.25) is 0 Å². The Kier molecular flexibility index (Phi) is 5.83. The van der Waals surface area contributed by atoms with E-state index in [4.69, 9.17) is 0 Å². The number of hydrogen-bond donors (Lipinski definition) is 1. The molecule has 0 aromatic heterocycles. The summed E-state index contributed by atoms with van der Waals surface area (Å²) in [6, 6.07) is 8.39. The van der Waals surface area contributed by atoms with Crippen LogP contribution in [0.3, 0.4) is 0 Å². The van der Waals surface area contributed by atoms with E-state index in [0.717, 1.165) is 19.5 Å². The van der Waals surface area contributed by atoms with Gasteiger partial charge in [0.2, 0.25) is 5.91 Å². The largest absolute Gasteiger partial charge is 0.344 e. The van der Waals surface area contributed by atoms with Gasteiger partial charge < -0.3 is 10.2 Å². The second-order valence-corrected chi connectivity index (χ2v) is 5.17. The molecular formula is C15H23ClN2O. The fourth-order valence-electron chi connectivity index (χ4n) is 2.49. The summed E-state index contributed by atoms with van der Waals surface area (Å²) in [4.78, 5) is 14.1. The quantitative estimate of drug-likeness (QED) is 0.898. The van der Waals surface area contributed by atoms with Crippen molar-refractivity contribution in [2.45, 2.75) is 19.3 Å². The van der Waals surface area contributed by atoms with Gasteiger partial charge in [0.1, 0.15) is 0 Å². The summed E-state index contributed by atoms with van der Waals surface area (Å²) in [7, 11) is 3.80. The predicted molar refractivity (Wildman–Crippen MR) is 80.8 cm³/mol. The van der Waals surface area contributed by atoms with Crippen molar-refractivity contribution in [1.29, 1.82) is 0 Å². The lowest BCUT2D eigenvalue weighted by atomic mass is 10.0. The molecule has 0 heterocycles. The van der Waals surface area contributed by atoms with Gasteiger partial charge in [-0.15, -0.1) is 12.4 Å². The molecule has 0 aliphatic heterocycles. The van der Waals surface area contributed by atoms with Gasteiger partial charge >= 0.3 is 0 Å². The second-order valence-electron chi connectivity index (χ2n) is 5.17. The predicted octanol–water partition coefficient (Wildman–Crippen LogP) is 2.20. The molecular weight excluding hydrogens is 260 g/mol. The normalized spacial score (nSPS) is 20.6. The fraction of sp³-hybridized carbons (Fsp3) is 0.533. The van der Waals surface area contributed by atoms with E-state index in [-0.39, 0.29) is 18.3 Å². The zero-order chi connectivity index (χ0) is 13.1. The van der Waals surface area contributed by atoms with E-state index < -0.39 is 0 Å². The third-order valence-corrected chi connectivity index (χ3v) is 3.77. The van der Waals surface area contributed by atoms with Crippen LogP contribution in [0.25, 0.3) is 0 Å². The molecule has 1 amide bonds. The average Bonchev–Trinajstić information content (AvgIpc) is 3.15. The van der Waals surface area contributed by atoms with E-state index in [2.05, 4.69) is 36.5 Å². The monoisotopic (exact) mass is 282 g/mol. The van der Waals surface area contributed by atoms with Crippen LogP contribution in [-0.2, 0) is 4.79 Å². The van der Waals surface area contributed by atoms with Crippen molar-refractivity contribution in [3.05, 3.63) is 35.4 Å². The van der Waals surface area contributed by atoms with Crippen LogP contribution in [-0.4, -0.2) is 38.0 Å². The number of likely N-dealkylation sites (N-methyl/N-ethyl adjacent to an activating group) is 2. The Balaban J connectivity index is 0.00000180. The van der Waals surface area contributed by atoms with E-state index in [0.29, 0.717) is 11.8 Å². The van der Waals surface area contributed by atoms with Crippen molar-refractivity contribution >= 4 is 18.3 Å². The van der Waals surface area contributed by atoms with Crippen molar-refractivity contribution < 1.29 is 4.79 Å². The molecule has 19 heavy (non-hydrogen) atoms. The minimum absolute atomic E-state index is 0. The van der Waals surface area contributed by atoms with Crippen LogP contribution in [0.1, 0.15) is 23.5 Å². The maximum atomic E-state index is 12.2. The first kappa shape index (κ1) is 16.0. The molecule has 0 spiro atoms. The summed E-state index contributed by atoms with van der Waals surface area (Å²) in [5, 5.41) is 3.07. The van der Waals surface area contributed by atoms with Gasteiger partial charge in [-0.2, -0.15) is 0 Å². The lowest BCUT2D eigenvalue weighted by molar-refractivity contribution is -0.131.